The quantitative estimate of drug-likeness (QED) is 0.771. The van der Waals surface area contributed by atoms with Crippen LogP contribution >= 0.6 is 0 Å². The first kappa shape index (κ1) is 20.1. The summed E-state index contributed by atoms with van der Waals surface area (Å²) in [7, 11) is 0. The van der Waals surface area contributed by atoms with Gasteiger partial charge in [0.25, 0.3) is 5.91 Å². The molecule has 1 saturated heterocycles. The molecule has 2 amide bonds. The zero-order chi connectivity index (χ0) is 20.1. The van der Waals surface area contributed by atoms with Gasteiger partial charge in [0, 0.05) is 25.1 Å². The molecule has 2 aromatic rings. The third kappa shape index (κ3) is 4.80. The summed E-state index contributed by atoms with van der Waals surface area (Å²) in [5, 5.41) is 3.20. The van der Waals surface area contributed by atoms with Crippen molar-refractivity contribution in [2.24, 2.45) is 5.92 Å². The predicted molar refractivity (Wildman–Crippen MR) is 112 cm³/mol. The molecule has 0 spiro atoms. The summed E-state index contributed by atoms with van der Waals surface area (Å²) in [4.78, 5) is 26.6. The van der Waals surface area contributed by atoms with Crippen molar-refractivity contribution in [3.8, 4) is 0 Å². The molecule has 148 valence electrons. The lowest BCUT2D eigenvalue weighted by molar-refractivity contribution is -0.128. The molecule has 1 unspecified atom stereocenters. The largest absolute Gasteiger partial charge is 0.345 e. The van der Waals surface area contributed by atoms with E-state index in [2.05, 4.69) is 50.4 Å². The molecule has 28 heavy (non-hydrogen) atoms. The van der Waals surface area contributed by atoms with Crippen LogP contribution in [0, 0.1) is 5.92 Å². The maximum atomic E-state index is 12.9. The van der Waals surface area contributed by atoms with E-state index in [9.17, 15) is 9.59 Å². The van der Waals surface area contributed by atoms with Gasteiger partial charge in [0.05, 0.1) is 6.04 Å². The van der Waals surface area contributed by atoms with Gasteiger partial charge in [-0.25, -0.2) is 0 Å². The van der Waals surface area contributed by atoms with E-state index in [0.29, 0.717) is 18.5 Å². The topological polar surface area (TPSA) is 49.4 Å². The fraction of sp³-hybridized carbons (Fsp3) is 0.417. The second-order valence-electron chi connectivity index (χ2n) is 7.91. The molecule has 1 fully saturated rings. The summed E-state index contributed by atoms with van der Waals surface area (Å²) in [6.45, 7) is 7.76. The molecular weight excluding hydrogens is 348 g/mol. The van der Waals surface area contributed by atoms with Crippen LogP contribution in [0.2, 0.25) is 0 Å². The molecule has 1 atom stereocenters. The normalized spacial score (nSPS) is 15.1. The summed E-state index contributed by atoms with van der Waals surface area (Å²) < 4.78 is 0. The zero-order valence-electron chi connectivity index (χ0n) is 17.1. The smallest absolute Gasteiger partial charge is 0.251 e. The van der Waals surface area contributed by atoms with Gasteiger partial charge < -0.3 is 10.2 Å². The Morgan fingerprint density at radius 1 is 1.11 bits per heavy atom. The SMILES string of the molecule is CCc1ccc(C(NC(=O)c2cccc(CN3CCCC3=O)c2)C(C)C)cc1. The van der Waals surface area contributed by atoms with Crippen LogP contribution in [-0.2, 0) is 17.8 Å². The van der Waals surface area contributed by atoms with E-state index in [-0.39, 0.29) is 23.8 Å². The van der Waals surface area contributed by atoms with Gasteiger partial charge in [0.15, 0.2) is 0 Å². The zero-order valence-corrected chi connectivity index (χ0v) is 17.1. The molecule has 4 nitrogen and oxygen atoms in total. The monoisotopic (exact) mass is 378 g/mol. The molecule has 3 rings (SSSR count). The Labute approximate surface area is 167 Å². The van der Waals surface area contributed by atoms with Crippen molar-refractivity contribution in [1.82, 2.24) is 10.2 Å². The number of nitrogens with one attached hydrogen (secondary N) is 1. The van der Waals surface area contributed by atoms with Crippen molar-refractivity contribution in [2.45, 2.75) is 52.6 Å². The van der Waals surface area contributed by atoms with Gasteiger partial charge in [-0.05, 0) is 47.6 Å². The highest BCUT2D eigenvalue weighted by Crippen LogP contribution is 2.23. The molecule has 1 aliphatic heterocycles. The summed E-state index contributed by atoms with van der Waals surface area (Å²) in [5.41, 5.74) is 4.05. The Morgan fingerprint density at radius 3 is 2.46 bits per heavy atom. The Kier molecular flexibility index (Phi) is 6.50. The van der Waals surface area contributed by atoms with Gasteiger partial charge in [-0.15, -0.1) is 0 Å². The average Bonchev–Trinajstić information content (AvgIpc) is 3.10. The first-order valence-corrected chi connectivity index (χ1v) is 10.2. The van der Waals surface area contributed by atoms with Gasteiger partial charge in [-0.1, -0.05) is 57.2 Å². The fourth-order valence-corrected chi connectivity index (χ4v) is 3.72. The predicted octanol–water partition coefficient (Wildman–Crippen LogP) is 4.50. The molecule has 4 heteroatoms. The molecule has 0 aromatic heterocycles. The van der Waals surface area contributed by atoms with Crippen LogP contribution in [0.5, 0.6) is 0 Å². The summed E-state index contributed by atoms with van der Waals surface area (Å²) in [6.07, 6.45) is 2.56. The van der Waals surface area contributed by atoms with Crippen LogP contribution in [0.3, 0.4) is 0 Å². The van der Waals surface area contributed by atoms with Crippen molar-refractivity contribution in [1.29, 1.82) is 0 Å². The van der Waals surface area contributed by atoms with Crippen LogP contribution in [0.4, 0.5) is 0 Å². The molecule has 0 radical (unpaired) electrons. The Hall–Kier alpha value is -2.62. The Morgan fingerprint density at radius 2 is 1.86 bits per heavy atom. The Balaban J connectivity index is 1.72. The number of carbonyl (C=O) groups is 2. The molecule has 0 saturated carbocycles. The minimum absolute atomic E-state index is 0.0396. The van der Waals surface area contributed by atoms with Gasteiger partial charge >= 0.3 is 0 Å². The average molecular weight is 379 g/mol. The van der Waals surface area contributed by atoms with Gasteiger partial charge in [-0.2, -0.15) is 0 Å². The number of nitrogens with zero attached hydrogens (tertiary/aromatic N) is 1. The number of rotatable bonds is 7. The summed E-state index contributed by atoms with van der Waals surface area (Å²) in [6, 6.07) is 16.0. The van der Waals surface area contributed by atoms with Gasteiger partial charge in [0.1, 0.15) is 0 Å². The number of hydrogen-bond acceptors (Lipinski definition) is 2. The maximum absolute atomic E-state index is 12.9. The summed E-state index contributed by atoms with van der Waals surface area (Å²) >= 11 is 0. The maximum Gasteiger partial charge on any atom is 0.251 e. The van der Waals surface area contributed by atoms with Crippen LogP contribution in [0.25, 0.3) is 0 Å². The third-order valence-corrected chi connectivity index (χ3v) is 5.43. The highest BCUT2D eigenvalue weighted by Gasteiger charge is 2.22. The second kappa shape index (κ2) is 9.05. The van der Waals surface area contributed by atoms with Crippen LogP contribution in [0.1, 0.15) is 66.7 Å². The van der Waals surface area contributed by atoms with Crippen LogP contribution < -0.4 is 5.32 Å². The van der Waals surface area contributed by atoms with Crippen molar-refractivity contribution >= 4 is 11.8 Å². The highest BCUT2D eigenvalue weighted by atomic mass is 16.2. The van der Waals surface area contributed by atoms with E-state index in [1.165, 1.54) is 5.56 Å². The third-order valence-electron chi connectivity index (χ3n) is 5.43. The molecule has 1 N–H and O–H groups in total. The Bertz CT molecular complexity index is 827. The standard InChI is InChI=1S/C24H30N2O2/c1-4-18-10-12-20(13-11-18)23(17(2)3)25-24(28)21-8-5-7-19(15-21)16-26-14-6-9-22(26)27/h5,7-8,10-13,15,17,23H,4,6,9,14,16H2,1-3H3,(H,25,28). The minimum atomic E-state index is -0.0760. The minimum Gasteiger partial charge on any atom is -0.345 e. The van der Waals surface area contributed by atoms with Crippen molar-refractivity contribution in [3.63, 3.8) is 0 Å². The van der Waals surface area contributed by atoms with E-state index >= 15 is 0 Å². The molecule has 0 aliphatic carbocycles. The molecule has 1 aliphatic rings. The highest BCUT2D eigenvalue weighted by molar-refractivity contribution is 5.94. The van der Waals surface area contributed by atoms with Gasteiger partial charge in [0.2, 0.25) is 5.91 Å². The van der Waals surface area contributed by atoms with E-state index in [1.54, 1.807) is 0 Å². The van der Waals surface area contributed by atoms with Crippen LogP contribution in [-0.4, -0.2) is 23.3 Å². The molecular formula is C24H30N2O2. The van der Waals surface area contributed by atoms with Crippen molar-refractivity contribution in [2.75, 3.05) is 6.54 Å². The number of benzene rings is 2. The lowest BCUT2D eigenvalue weighted by Crippen LogP contribution is -2.32. The number of carbonyl (C=O) groups excluding carboxylic acids is 2. The number of amides is 2. The first-order valence-electron chi connectivity index (χ1n) is 10.2. The van der Waals surface area contributed by atoms with Crippen molar-refractivity contribution < 1.29 is 9.59 Å². The lowest BCUT2D eigenvalue weighted by atomic mass is 9.94. The first-order chi connectivity index (χ1) is 13.5. The second-order valence-corrected chi connectivity index (χ2v) is 7.91. The number of aryl methyl sites for hydroxylation is 1. The number of hydrogen-bond donors (Lipinski definition) is 1. The van der Waals surface area contributed by atoms with Crippen molar-refractivity contribution in [3.05, 3.63) is 70.8 Å². The van der Waals surface area contributed by atoms with E-state index in [0.717, 1.165) is 30.5 Å². The number of likely N-dealkylation sites (tertiary alicyclic amines) is 1. The molecule has 0 bridgehead atoms. The molecule has 2 aromatic carbocycles. The van der Waals surface area contributed by atoms with Crippen LogP contribution in [0.15, 0.2) is 48.5 Å². The fourth-order valence-electron chi connectivity index (χ4n) is 3.72. The van der Waals surface area contributed by atoms with E-state index in [1.807, 2.05) is 29.2 Å². The lowest BCUT2D eigenvalue weighted by Gasteiger charge is -2.23. The van der Waals surface area contributed by atoms with E-state index < -0.39 is 0 Å². The molecule has 1 heterocycles. The summed E-state index contributed by atoms with van der Waals surface area (Å²) in [5.74, 6) is 0.403. The van der Waals surface area contributed by atoms with E-state index in [4.69, 9.17) is 0 Å². The van der Waals surface area contributed by atoms with Gasteiger partial charge in [-0.3, -0.25) is 9.59 Å².